The van der Waals surface area contributed by atoms with Gasteiger partial charge >= 0.3 is 0 Å². The van der Waals surface area contributed by atoms with Gasteiger partial charge in [-0.3, -0.25) is 4.90 Å². The van der Waals surface area contributed by atoms with Crippen LogP contribution in [-0.4, -0.2) is 61.9 Å². The van der Waals surface area contributed by atoms with Crippen molar-refractivity contribution in [3.63, 3.8) is 0 Å². The zero-order chi connectivity index (χ0) is 12.5. The Morgan fingerprint density at radius 1 is 1.53 bits per heavy atom. The van der Waals surface area contributed by atoms with Gasteiger partial charge in [0.25, 0.3) is 0 Å². The fraction of sp³-hybridized carbons (Fsp3) is 0.909. The molecule has 0 aliphatic carbocycles. The van der Waals surface area contributed by atoms with Crippen LogP contribution < -0.4 is 11.1 Å². The Labute approximate surface area is 103 Å². The van der Waals surface area contributed by atoms with E-state index in [9.17, 15) is 0 Å². The average molecular weight is 244 g/mol. The standard InChI is InChI=1S/C11H24N4O2/c1-10(11(12)14-16)9-13-3-2-4-15-5-7-17-8-6-15/h10,13,16H,2-9H2,1H3,(H2,12,14). The van der Waals surface area contributed by atoms with Gasteiger partial charge in [-0.15, -0.1) is 0 Å². The Hall–Kier alpha value is -0.850. The van der Waals surface area contributed by atoms with Gasteiger partial charge in [0, 0.05) is 25.6 Å². The molecule has 0 spiro atoms. The molecule has 17 heavy (non-hydrogen) atoms. The highest BCUT2D eigenvalue weighted by Gasteiger charge is 2.09. The molecule has 100 valence electrons. The lowest BCUT2D eigenvalue weighted by molar-refractivity contribution is 0.0374. The van der Waals surface area contributed by atoms with Crippen molar-refractivity contribution >= 4 is 5.84 Å². The van der Waals surface area contributed by atoms with Crippen molar-refractivity contribution in [2.45, 2.75) is 13.3 Å². The van der Waals surface area contributed by atoms with Gasteiger partial charge < -0.3 is 21.0 Å². The fourth-order valence-corrected chi connectivity index (χ4v) is 1.77. The molecule has 0 saturated carbocycles. The minimum atomic E-state index is 0.0726. The number of nitrogens with zero attached hydrogens (tertiary/aromatic N) is 2. The van der Waals surface area contributed by atoms with E-state index in [4.69, 9.17) is 15.7 Å². The molecule has 1 aliphatic rings. The van der Waals surface area contributed by atoms with Crippen LogP contribution >= 0.6 is 0 Å². The molecule has 0 aromatic carbocycles. The van der Waals surface area contributed by atoms with Gasteiger partial charge in [-0.25, -0.2) is 0 Å². The van der Waals surface area contributed by atoms with Crippen molar-refractivity contribution in [2.75, 3.05) is 45.9 Å². The Balaban J connectivity index is 1.97. The molecule has 1 unspecified atom stereocenters. The Morgan fingerprint density at radius 2 is 2.24 bits per heavy atom. The second-order valence-corrected chi connectivity index (χ2v) is 4.44. The maximum atomic E-state index is 8.49. The summed E-state index contributed by atoms with van der Waals surface area (Å²) in [6.45, 7) is 8.54. The predicted octanol–water partition coefficient (Wildman–Crippen LogP) is -0.319. The summed E-state index contributed by atoms with van der Waals surface area (Å²) in [6, 6.07) is 0. The van der Waals surface area contributed by atoms with Crippen molar-refractivity contribution in [2.24, 2.45) is 16.8 Å². The molecule has 0 amide bonds. The first-order valence-electron chi connectivity index (χ1n) is 6.22. The molecule has 0 radical (unpaired) electrons. The highest BCUT2D eigenvalue weighted by atomic mass is 16.5. The van der Waals surface area contributed by atoms with Crippen LogP contribution in [0.5, 0.6) is 0 Å². The van der Waals surface area contributed by atoms with Crippen LogP contribution in [0.15, 0.2) is 5.16 Å². The van der Waals surface area contributed by atoms with E-state index >= 15 is 0 Å². The molecular weight excluding hydrogens is 220 g/mol. The van der Waals surface area contributed by atoms with Gasteiger partial charge in [-0.05, 0) is 19.5 Å². The van der Waals surface area contributed by atoms with Crippen LogP contribution in [-0.2, 0) is 4.74 Å². The first kappa shape index (κ1) is 14.2. The number of rotatable bonds is 7. The summed E-state index contributed by atoms with van der Waals surface area (Å²) in [7, 11) is 0. The normalized spacial score (nSPS) is 20.4. The Bertz CT molecular complexity index is 230. The van der Waals surface area contributed by atoms with E-state index in [0.717, 1.165) is 52.4 Å². The first-order valence-corrected chi connectivity index (χ1v) is 6.22. The third-order valence-corrected chi connectivity index (χ3v) is 3.00. The molecular formula is C11H24N4O2. The minimum Gasteiger partial charge on any atom is -0.409 e. The van der Waals surface area contributed by atoms with E-state index in [1.165, 1.54) is 0 Å². The van der Waals surface area contributed by atoms with Crippen molar-refractivity contribution < 1.29 is 9.94 Å². The molecule has 1 atom stereocenters. The predicted molar refractivity (Wildman–Crippen MR) is 67.3 cm³/mol. The lowest BCUT2D eigenvalue weighted by atomic mass is 10.1. The molecule has 0 aromatic rings. The van der Waals surface area contributed by atoms with Gasteiger partial charge in [0.15, 0.2) is 0 Å². The van der Waals surface area contributed by atoms with E-state index in [-0.39, 0.29) is 11.8 Å². The topological polar surface area (TPSA) is 83.1 Å². The van der Waals surface area contributed by atoms with Crippen molar-refractivity contribution in [1.29, 1.82) is 0 Å². The summed E-state index contributed by atoms with van der Waals surface area (Å²) in [5, 5.41) is 14.8. The summed E-state index contributed by atoms with van der Waals surface area (Å²) in [4.78, 5) is 2.41. The van der Waals surface area contributed by atoms with Crippen LogP contribution in [0.3, 0.4) is 0 Å². The van der Waals surface area contributed by atoms with E-state index in [2.05, 4.69) is 15.4 Å². The van der Waals surface area contributed by atoms with E-state index in [1.807, 2.05) is 6.92 Å². The third kappa shape index (κ3) is 5.86. The maximum absolute atomic E-state index is 8.49. The molecule has 1 rings (SSSR count). The zero-order valence-corrected chi connectivity index (χ0v) is 10.6. The lowest BCUT2D eigenvalue weighted by Gasteiger charge is -2.26. The third-order valence-electron chi connectivity index (χ3n) is 3.00. The summed E-state index contributed by atoms with van der Waals surface area (Å²) in [5.74, 6) is 0.356. The van der Waals surface area contributed by atoms with Gasteiger partial charge in [0.1, 0.15) is 5.84 Å². The molecule has 4 N–H and O–H groups in total. The van der Waals surface area contributed by atoms with Gasteiger partial charge in [-0.2, -0.15) is 0 Å². The van der Waals surface area contributed by atoms with Crippen molar-refractivity contribution in [3.05, 3.63) is 0 Å². The van der Waals surface area contributed by atoms with Crippen LogP contribution in [0.2, 0.25) is 0 Å². The van der Waals surface area contributed by atoms with Gasteiger partial charge in [-0.1, -0.05) is 12.1 Å². The SMILES string of the molecule is CC(CNCCCN1CCOCC1)C(N)=NO. The van der Waals surface area contributed by atoms with E-state index < -0.39 is 0 Å². The zero-order valence-electron chi connectivity index (χ0n) is 10.6. The molecule has 1 saturated heterocycles. The number of ether oxygens (including phenoxy) is 1. The number of oxime groups is 1. The molecule has 0 aromatic heterocycles. The fourth-order valence-electron chi connectivity index (χ4n) is 1.77. The number of morpholine rings is 1. The Kier molecular flexibility index (Phi) is 6.91. The molecule has 6 nitrogen and oxygen atoms in total. The Morgan fingerprint density at radius 3 is 2.88 bits per heavy atom. The molecule has 1 fully saturated rings. The highest BCUT2D eigenvalue weighted by molar-refractivity contribution is 5.82. The second-order valence-electron chi connectivity index (χ2n) is 4.44. The summed E-state index contributed by atoms with van der Waals surface area (Å²) < 4.78 is 5.29. The number of hydrogen-bond acceptors (Lipinski definition) is 5. The van der Waals surface area contributed by atoms with Gasteiger partial charge in [0.2, 0.25) is 0 Å². The lowest BCUT2D eigenvalue weighted by Crippen LogP contribution is -2.38. The summed E-state index contributed by atoms with van der Waals surface area (Å²) >= 11 is 0. The van der Waals surface area contributed by atoms with Crippen molar-refractivity contribution in [1.82, 2.24) is 10.2 Å². The smallest absolute Gasteiger partial charge is 0.143 e. The molecule has 6 heteroatoms. The highest BCUT2D eigenvalue weighted by Crippen LogP contribution is 1.97. The maximum Gasteiger partial charge on any atom is 0.143 e. The number of amidine groups is 1. The largest absolute Gasteiger partial charge is 0.409 e. The second kappa shape index (κ2) is 8.27. The van der Waals surface area contributed by atoms with Crippen LogP contribution in [0, 0.1) is 5.92 Å². The van der Waals surface area contributed by atoms with E-state index in [1.54, 1.807) is 0 Å². The van der Waals surface area contributed by atoms with E-state index in [0.29, 0.717) is 0 Å². The van der Waals surface area contributed by atoms with Crippen molar-refractivity contribution in [3.8, 4) is 0 Å². The minimum absolute atomic E-state index is 0.0726. The number of nitrogens with two attached hydrogens (primary N) is 1. The van der Waals surface area contributed by atoms with Crippen LogP contribution in [0.25, 0.3) is 0 Å². The molecule has 0 bridgehead atoms. The number of nitrogens with one attached hydrogen (secondary N) is 1. The molecule has 1 aliphatic heterocycles. The molecule has 1 heterocycles. The summed E-state index contributed by atoms with van der Waals surface area (Å²) in [6.07, 6.45) is 1.11. The monoisotopic (exact) mass is 244 g/mol. The van der Waals surface area contributed by atoms with Crippen LogP contribution in [0.1, 0.15) is 13.3 Å². The van der Waals surface area contributed by atoms with Gasteiger partial charge in [0.05, 0.1) is 13.2 Å². The van der Waals surface area contributed by atoms with Crippen LogP contribution in [0.4, 0.5) is 0 Å². The summed E-state index contributed by atoms with van der Waals surface area (Å²) in [5.41, 5.74) is 5.49. The average Bonchev–Trinajstić information content (AvgIpc) is 2.38. The first-order chi connectivity index (χ1) is 8.24. The number of hydrogen-bond donors (Lipinski definition) is 3. The quantitative estimate of drug-likeness (QED) is 0.188.